The minimum atomic E-state index is -0.268. The lowest BCUT2D eigenvalue weighted by Crippen LogP contribution is -2.27. The Balaban J connectivity index is 1.13. The number of rotatable bonds is 2. The summed E-state index contributed by atoms with van der Waals surface area (Å²) in [6.07, 6.45) is 0. The van der Waals surface area contributed by atoms with Crippen LogP contribution in [0.5, 0.6) is 0 Å². The third-order valence-electron chi connectivity index (χ3n) is 12.2. The molecule has 12 rings (SSSR count). The molecule has 2 aromatic heterocycles. The van der Waals surface area contributed by atoms with E-state index in [9.17, 15) is 0 Å². The van der Waals surface area contributed by atoms with E-state index in [1.165, 1.54) is 43.8 Å². The molecule has 1 unspecified atom stereocenters. The molecule has 0 radical (unpaired) electrons. The summed E-state index contributed by atoms with van der Waals surface area (Å²) in [6.45, 7) is 4.70. The van der Waals surface area contributed by atoms with Gasteiger partial charge in [-0.2, -0.15) is 0 Å². The number of furan rings is 1. The maximum atomic E-state index is 6.76. The Kier molecular flexibility index (Phi) is 6.14. The summed E-state index contributed by atoms with van der Waals surface area (Å²) in [7, 11) is 0. The predicted octanol–water partition coefficient (Wildman–Crippen LogP) is 13.2. The number of hydrogen-bond donors (Lipinski definition) is 1. The summed E-state index contributed by atoms with van der Waals surface area (Å²) in [5.41, 5.74) is 14.8. The number of aliphatic imine (C=N–C) groups is 1. The molecular formula is C51H35N3O. The second-order valence-electron chi connectivity index (χ2n) is 15.6. The van der Waals surface area contributed by atoms with Gasteiger partial charge in [0.05, 0.1) is 11.0 Å². The summed E-state index contributed by atoms with van der Waals surface area (Å²) < 4.78 is 9.11. The number of aromatic nitrogens is 1. The van der Waals surface area contributed by atoms with Crippen molar-refractivity contribution < 1.29 is 4.42 Å². The van der Waals surface area contributed by atoms with Gasteiger partial charge in [-0.05, 0) is 92.7 Å². The number of nitrogens with zero attached hydrogens (tertiary/aromatic N) is 2. The van der Waals surface area contributed by atoms with Gasteiger partial charge in [0.25, 0.3) is 0 Å². The number of fused-ring (bicyclic) bond motifs is 11. The summed E-state index contributed by atoms with van der Waals surface area (Å²) >= 11 is 0. The average molecular weight is 706 g/mol. The van der Waals surface area contributed by atoms with Crippen molar-refractivity contribution in [1.29, 1.82) is 0 Å². The molecule has 0 amide bonds. The van der Waals surface area contributed by atoms with Crippen LogP contribution in [0.25, 0.3) is 76.8 Å². The normalized spacial score (nSPS) is 15.7. The fourth-order valence-electron chi connectivity index (χ4n) is 9.53. The summed E-state index contributed by atoms with van der Waals surface area (Å²) in [6, 6.07) is 59.0. The summed E-state index contributed by atoms with van der Waals surface area (Å²) in [5, 5.41) is 10.8. The molecule has 0 saturated carbocycles. The second kappa shape index (κ2) is 11.1. The van der Waals surface area contributed by atoms with E-state index < -0.39 is 0 Å². The topological polar surface area (TPSA) is 42.5 Å². The van der Waals surface area contributed by atoms with Crippen LogP contribution in [-0.2, 0) is 5.41 Å². The van der Waals surface area contributed by atoms with Gasteiger partial charge in [-0.15, -0.1) is 0 Å². The van der Waals surface area contributed by atoms with Gasteiger partial charge in [-0.3, -0.25) is 4.57 Å². The quantitative estimate of drug-likeness (QED) is 0.195. The van der Waals surface area contributed by atoms with Crippen LogP contribution in [0.3, 0.4) is 0 Å². The van der Waals surface area contributed by atoms with E-state index in [0.29, 0.717) is 0 Å². The summed E-state index contributed by atoms with van der Waals surface area (Å²) in [4.78, 5) is 5.70. The van der Waals surface area contributed by atoms with Crippen molar-refractivity contribution in [2.75, 3.05) is 5.32 Å². The number of nitrogens with one attached hydrogen (secondary N) is 1. The number of benzene rings is 8. The smallest absolute Gasteiger partial charge is 0.208 e. The molecule has 4 heteroatoms. The number of anilines is 1. The SMILES string of the molecule is CC1(C)c2ccccc2-c2cc3c4ccccc4n(C4=NC(c5cc(-c6ccccc6)c6oc7cc8ccccc8cc7c6c5)c5ccccc5N4)c3cc21. The fraction of sp³-hybridized carbons (Fsp3) is 0.0784. The minimum absolute atomic E-state index is 0.125. The molecule has 1 atom stereocenters. The molecule has 55 heavy (non-hydrogen) atoms. The van der Waals surface area contributed by atoms with Crippen molar-refractivity contribution in [2.45, 2.75) is 25.3 Å². The van der Waals surface area contributed by atoms with Gasteiger partial charge in [0, 0.05) is 43.8 Å². The van der Waals surface area contributed by atoms with Gasteiger partial charge in [0.1, 0.15) is 17.2 Å². The molecule has 8 aromatic carbocycles. The molecule has 2 aliphatic rings. The monoisotopic (exact) mass is 705 g/mol. The largest absolute Gasteiger partial charge is 0.455 e. The maximum Gasteiger partial charge on any atom is 0.208 e. The zero-order valence-corrected chi connectivity index (χ0v) is 30.5. The number of hydrogen-bond acceptors (Lipinski definition) is 3. The molecule has 4 nitrogen and oxygen atoms in total. The zero-order chi connectivity index (χ0) is 36.4. The lowest BCUT2D eigenvalue weighted by Gasteiger charge is -2.27. The average Bonchev–Trinajstić information content (AvgIpc) is 3.83. The maximum absolute atomic E-state index is 6.76. The summed E-state index contributed by atoms with van der Waals surface area (Å²) in [5.74, 6) is 0.813. The van der Waals surface area contributed by atoms with E-state index in [1.54, 1.807) is 0 Å². The van der Waals surface area contributed by atoms with Gasteiger partial charge in [-0.25, -0.2) is 4.99 Å². The zero-order valence-electron chi connectivity index (χ0n) is 30.5. The number of para-hydroxylation sites is 2. The molecule has 3 heterocycles. The van der Waals surface area contributed by atoms with Crippen LogP contribution >= 0.6 is 0 Å². The molecule has 0 bridgehead atoms. The van der Waals surface area contributed by atoms with E-state index >= 15 is 0 Å². The van der Waals surface area contributed by atoms with Crippen LogP contribution < -0.4 is 5.32 Å². The highest BCUT2D eigenvalue weighted by Gasteiger charge is 2.36. The van der Waals surface area contributed by atoms with Crippen molar-refractivity contribution in [1.82, 2.24) is 4.57 Å². The third-order valence-corrected chi connectivity index (χ3v) is 12.2. The van der Waals surface area contributed by atoms with Crippen LogP contribution in [0.2, 0.25) is 0 Å². The van der Waals surface area contributed by atoms with Crippen LogP contribution in [0.15, 0.2) is 173 Å². The van der Waals surface area contributed by atoms with Crippen LogP contribution in [0.1, 0.15) is 42.1 Å². The fourth-order valence-corrected chi connectivity index (χ4v) is 9.53. The van der Waals surface area contributed by atoms with E-state index in [2.05, 4.69) is 188 Å². The van der Waals surface area contributed by atoms with E-state index in [1.807, 2.05) is 0 Å². The highest BCUT2D eigenvalue weighted by Crippen LogP contribution is 2.51. The van der Waals surface area contributed by atoms with Gasteiger partial charge >= 0.3 is 0 Å². The predicted molar refractivity (Wildman–Crippen MR) is 228 cm³/mol. The van der Waals surface area contributed by atoms with E-state index in [0.717, 1.165) is 66.9 Å². The van der Waals surface area contributed by atoms with Crippen molar-refractivity contribution in [2.24, 2.45) is 4.99 Å². The van der Waals surface area contributed by atoms with Gasteiger partial charge in [0.15, 0.2) is 0 Å². The molecular weight excluding hydrogens is 671 g/mol. The lowest BCUT2D eigenvalue weighted by molar-refractivity contribution is 0.661. The molecule has 0 fully saturated rings. The molecule has 1 N–H and O–H groups in total. The molecule has 1 aliphatic heterocycles. The molecule has 0 saturated heterocycles. The van der Waals surface area contributed by atoms with E-state index in [-0.39, 0.29) is 11.5 Å². The first-order chi connectivity index (χ1) is 27.0. The standard InChI is InChI=1S/C51H35N3O/c1-51(2)42-21-11-8-18-34(42)38-28-39-35-19-10-13-23-45(35)54(46(39)29-43(38)51)50-52-44-22-12-9-20-36(44)48(53-50)33-25-37(30-14-4-3-5-15-30)49-41(26-33)40-24-31-16-6-7-17-32(31)27-47(40)55-49/h3-29,48H,1-2H3,(H,52,53). The van der Waals surface area contributed by atoms with Crippen molar-refractivity contribution in [3.8, 4) is 22.3 Å². The third kappa shape index (κ3) is 4.31. The van der Waals surface area contributed by atoms with Crippen molar-refractivity contribution >= 4 is 66.2 Å². The Hall–Kier alpha value is -6.91. The molecule has 10 aromatic rings. The second-order valence-corrected chi connectivity index (χ2v) is 15.6. The molecule has 1 aliphatic carbocycles. The van der Waals surface area contributed by atoms with Gasteiger partial charge < -0.3 is 9.73 Å². The minimum Gasteiger partial charge on any atom is -0.455 e. The Bertz CT molecular complexity index is 3270. The van der Waals surface area contributed by atoms with Gasteiger partial charge in [0.2, 0.25) is 5.96 Å². The van der Waals surface area contributed by atoms with Crippen LogP contribution in [0, 0.1) is 0 Å². The molecule has 260 valence electrons. The lowest BCUT2D eigenvalue weighted by atomic mass is 9.82. The van der Waals surface area contributed by atoms with Crippen molar-refractivity contribution in [3.05, 3.63) is 186 Å². The van der Waals surface area contributed by atoms with E-state index in [4.69, 9.17) is 9.41 Å². The highest BCUT2D eigenvalue weighted by molar-refractivity contribution is 6.18. The first-order valence-corrected chi connectivity index (χ1v) is 19.1. The van der Waals surface area contributed by atoms with Crippen LogP contribution in [-0.4, -0.2) is 10.5 Å². The Morgan fingerprint density at radius 1 is 0.564 bits per heavy atom. The highest BCUT2D eigenvalue weighted by atomic mass is 16.3. The Morgan fingerprint density at radius 2 is 1.31 bits per heavy atom. The first-order valence-electron chi connectivity index (χ1n) is 19.1. The van der Waals surface area contributed by atoms with Crippen molar-refractivity contribution in [3.63, 3.8) is 0 Å². The molecule has 0 spiro atoms. The first kappa shape index (κ1) is 30.5. The Morgan fingerprint density at radius 3 is 2.20 bits per heavy atom. The van der Waals surface area contributed by atoms with Gasteiger partial charge in [-0.1, -0.05) is 129 Å². The Labute approximate surface area is 318 Å². The van der Waals surface area contributed by atoms with Crippen LogP contribution in [0.4, 0.5) is 5.69 Å².